The number of benzene rings is 4. The summed E-state index contributed by atoms with van der Waals surface area (Å²) in [5, 5.41) is 3.94. The number of aryl methyl sites for hydroxylation is 1. The van der Waals surface area contributed by atoms with Gasteiger partial charge >= 0.3 is 0 Å². The molecule has 0 aromatic heterocycles. The molecule has 49 heavy (non-hydrogen) atoms. The number of ether oxygens (including phenoxy) is 1. The van der Waals surface area contributed by atoms with Crippen molar-refractivity contribution in [3.63, 3.8) is 0 Å². The summed E-state index contributed by atoms with van der Waals surface area (Å²) in [5.74, 6) is -0.337. The SMILES string of the molecule is CCOc1ccc(S(=O)(=O)N(CC(=O)N(Cc2ccc(Cl)cc2Cl)C(Cc2ccccc2)C(=O)NC2CCCC2)c2ccc(C)cc2)cc1. The Morgan fingerprint density at radius 1 is 0.918 bits per heavy atom. The van der Waals surface area contributed by atoms with Crippen molar-refractivity contribution >= 4 is 50.7 Å². The van der Waals surface area contributed by atoms with Crippen LogP contribution in [0.1, 0.15) is 49.3 Å². The fourth-order valence-corrected chi connectivity index (χ4v) is 7.88. The summed E-state index contributed by atoms with van der Waals surface area (Å²) in [6.45, 7) is 3.56. The Hall–Kier alpha value is -4.05. The van der Waals surface area contributed by atoms with Crippen LogP contribution < -0.4 is 14.4 Å². The molecule has 1 N–H and O–H groups in total. The van der Waals surface area contributed by atoms with Crippen molar-refractivity contribution in [2.24, 2.45) is 0 Å². The van der Waals surface area contributed by atoms with Gasteiger partial charge in [-0.05, 0) is 86.3 Å². The van der Waals surface area contributed by atoms with E-state index in [2.05, 4.69) is 5.32 Å². The summed E-state index contributed by atoms with van der Waals surface area (Å²) in [7, 11) is -4.25. The zero-order chi connectivity index (χ0) is 35.0. The van der Waals surface area contributed by atoms with Crippen LogP contribution in [-0.2, 0) is 32.6 Å². The third kappa shape index (κ3) is 9.35. The highest BCUT2D eigenvalue weighted by atomic mass is 35.5. The smallest absolute Gasteiger partial charge is 0.264 e. The molecule has 0 spiro atoms. The van der Waals surface area contributed by atoms with E-state index in [4.69, 9.17) is 27.9 Å². The molecule has 0 heterocycles. The van der Waals surface area contributed by atoms with Crippen molar-refractivity contribution in [1.29, 1.82) is 0 Å². The van der Waals surface area contributed by atoms with E-state index >= 15 is 0 Å². The molecule has 258 valence electrons. The average molecular weight is 723 g/mol. The number of hydrogen-bond acceptors (Lipinski definition) is 5. The monoisotopic (exact) mass is 721 g/mol. The minimum atomic E-state index is -4.25. The summed E-state index contributed by atoms with van der Waals surface area (Å²) in [5.41, 5.74) is 2.67. The molecule has 1 aliphatic rings. The van der Waals surface area contributed by atoms with Crippen LogP contribution in [0.2, 0.25) is 10.0 Å². The Morgan fingerprint density at radius 2 is 1.59 bits per heavy atom. The van der Waals surface area contributed by atoms with Crippen molar-refractivity contribution in [2.75, 3.05) is 17.5 Å². The van der Waals surface area contributed by atoms with Crippen molar-refractivity contribution in [1.82, 2.24) is 10.2 Å². The van der Waals surface area contributed by atoms with E-state index in [-0.39, 0.29) is 29.8 Å². The molecule has 0 aliphatic heterocycles. The highest BCUT2D eigenvalue weighted by Gasteiger charge is 2.36. The number of sulfonamides is 1. The second-order valence-corrected chi connectivity index (χ2v) is 14.9. The van der Waals surface area contributed by atoms with E-state index in [1.54, 1.807) is 54.6 Å². The second-order valence-electron chi connectivity index (χ2n) is 12.2. The van der Waals surface area contributed by atoms with Crippen LogP contribution in [0.5, 0.6) is 5.75 Å². The highest BCUT2D eigenvalue weighted by Crippen LogP contribution is 2.29. The molecule has 4 aromatic rings. The van der Waals surface area contributed by atoms with Gasteiger partial charge in [0.15, 0.2) is 0 Å². The van der Waals surface area contributed by atoms with Crippen LogP contribution in [0.3, 0.4) is 0 Å². The molecule has 1 fully saturated rings. The zero-order valence-corrected chi connectivity index (χ0v) is 30.0. The maximum absolute atomic E-state index is 14.7. The fraction of sp³-hybridized carbons (Fsp3) is 0.316. The number of halogens is 2. The molecule has 2 amide bonds. The molecule has 4 aromatic carbocycles. The predicted molar refractivity (Wildman–Crippen MR) is 195 cm³/mol. The minimum absolute atomic E-state index is 0.00330. The maximum atomic E-state index is 14.7. The Balaban J connectivity index is 1.57. The van der Waals surface area contributed by atoms with Gasteiger partial charge in [0.1, 0.15) is 18.3 Å². The van der Waals surface area contributed by atoms with E-state index in [0.717, 1.165) is 41.1 Å². The van der Waals surface area contributed by atoms with Gasteiger partial charge in [-0.15, -0.1) is 0 Å². The van der Waals surface area contributed by atoms with Crippen LogP contribution in [0.4, 0.5) is 5.69 Å². The first-order valence-corrected chi connectivity index (χ1v) is 18.6. The molecule has 0 saturated heterocycles. The maximum Gasteiger partial charge on any atom is 0.264 e. The number of amides is 2. The van der Waals surface area contributed by atoms with Gasteiger partial charge in [-0.2, -0.15) is 0 Å². The number of nitrogens with zero attached hydrogens (tertiary/aromatic N) is 2. The van der Waals surface area contributed by atoms with Gasteiger partial charge in [-0.3, -0.25) is 13.9 Å². The second kappa shape index (κ2) is 16.6. The van der Waals surface area contributed by atoms with Crippen molar-refractivity contribution in [3.8, 4) is 5.75 Å². The third-order valence-electron chi connectivity index (χ3n) is 8.65. The van der Waals surface area contributed by atoms with E-state index in [1.165, 1.54) is 17.0 Å². The molecule has 1 saturated carbocycles. The fourth-order valence-electron chi connectivity index (χ4n) is 6.00. The van der Waals surface area contributed by atoms with E-state index in [0.29, 0.717) is 33.7 Å². The molecule has 0 bridgehead atoms. The standard InChI is InChI=1S/C38H41Cl2N3O5S/c1-3-48-33-19-21-34(22-20-33)49(46,47)43(32-17-13-27(2)14-18-32)26-37(44)42(25-29-15-16-30(39)24-35(29)40)36(23-28-9-5-4-6-10-28)38(45)41-31-11-7-8-12-31/h4-6,9-10,13-22,24,31,36H,3,7-8,11-12,23,25-26H2,1-2H3,(H,41,45). The largest absolute Gasteiger partial charge is 0.494 e. The number of hydrogen-bond donors (Lipinski definition) is 1. The average Bonchev–Trinajstić information content (AvgIpc) is 3.60. The van der Waals surface area contributed by atoms with Crippen LogP contribution in [-0.4, -0.2) is 50.4 Å². The molecule has 11 heteroatoms. The van der Waals surface area contributed by atoms with Gasteiger partial charge in [0, 0.05) is 29.1 Å². The first-order valence-electron chi connectivity index (χ1n) is 16.4. The number of carbonyl (C=O) groups is 2. The molecule has 8 nitrogen and oxygen atoms in total. The van der Waals surface area contributed by atoms with Crippen molar-refractivity contribution in [2.45, 2.75) is 69.5 Å². The number of nitrogens with one attached hydrogen (secondary N) is 1. The number of rotatable bonds is 14. The molecule has 1 aliphatic carbocycles. The van der Waals surface area contributed by atoms with Crippen LogP contribution in [0, 0.1) is 6.92 Å². The van der Waals surface area contributed by atoms with Gasteiger partial charge in [-0.1, -0.05) is 90.1 Å². The van der Waals surface area contributed by atoms with Crippen LogP contribution in [0.15, 0.2) is 102 Å². The molecule has 0 radical (unpaired) electrons. The minimum Gasteiger partial charge on any atom is -0.494 e. The summed E-state index contributed by atoms with van der Waals surface area (Å²) in [6.07, 6.45) is 3.98. The van der Waals surface area contributed by atoms with E-state index in [1.807, 2.05) is 44.2 Å². The van der Waals surface area contributed by atoms with Crippen molar-refractivity contribution < 1.29 is 22.7 Å². The summed E-state index contributed by atoms with van der Waals surface area (Å²) in [6, 6.07) is 26.5. The Morgan fingerprint density at radius 3 is 2.22 bits per heavy atom. The molecular weight excluding hydrogens is 681 g/mol. The lowest BCUT2D eigenvalue weighted by Crippen LogP contribution is -2.54. The summed E-state index contributed by atoms with van der Waals surface area (Å²) in [4.78, 5) is 30.3. The molecular formula is C38H41Cl2N3O5S. The van der Waals surface area contributed by atoms with E-state index < -0.39 is 28.5 Å². The summed E-state index contributed by atoms with van der Waals surface area (Å²) >= 11 is 12.8. The molecule has 5 rings (SSSR count). The molecule has 1 atom stereocenters. The molecule has 1 unspecified atom stereocenters. The Labute approximate surface area is 299 Å². The third-order valence-corrected chi connectivity index (χ3v) is 11.0. The summed E-state index contributed by atoms with van der Waals surface area (Å²) < 4.78 is 35.3. The van der Waals surface area contributed by atoms with Gasteiger partial charge < -0.3 is 15.0 Å². The number of anilines is 1. The number of carbonyl (C=O) groups excluding carboxylic acids is 2. The van der Waals surface area contributed by atoms with Gasteiger partial charge in [-0.25, -0.2) is 8.42 Å². The highest BCUT2D eigenvalue weighted by molar-refractivity contribution is 7.92. The van der Waals surface area contributed by atoms with Gasteiger partial charge in [0.25, 0.3) is 10.0 Å². The Bertz CT molecular complexity index is 1830. The van der Waals surface area contributed by atoms with Gasteiger partial charge in [0.2, 0.25) is 11.8 Å². The Kier molecular flexibility index (Phi) is 12.3. The predicted octanol–water partition coefficient (Wildman–Crippen LogP) is 7.59. The lowest BCUT2D eigenvalue weighted by molar-refractivity contribution is -0.140. The lowest BCUT2D eigenvalue weighted by atomic mass is 10.0. The quantitative estimate of drug-likeness (QED) is 0.145. The van der Waals surface area contributed by atoms with Gasteiger partial charge in [0.05, 0.1) is 17.2 Å². The van der Waals surface area contributed by atoms with Crippen LogP contribution >= 0.6 is 23.2 Å². The topological polar surface area (TPSA) is 96.0 Å². The first-order chi connectivity index (χ1) is 23.5. The normalized spacial score (nSPS) is 13.9. The van der Waals surface area contributed by atoms with Crippen LogP contribution in [0.25, 0.3) is 0 Å². The zero-order valence-electron chi connectivity index (χ0n) is 27.6. The van der Waals surface area contributed by atoms with E-state index in [9.17, 15) is 18.0 Å². The first kappa shape index (κ1) is 36.2. The lowest BCUT2D eigenvalue weighted by Gasteiger charge is -2.34. The van der Waals surface area contributed by atoms with Crippen molar-refractivity contribution in [3.05, 3.63) is 124 Å².